The first-order valence-electron chi connectivity index (χ1n) is 7.73. The van der Waals surface area contributed by atoms with Crippen molar-refractivity contribution in [2.75, 3.05) is 0 Å². The van der Waals surface area contributed by atoms with Gasteiger partial charge in [0.1, 0.15) is 11.6 Å². The third-order valence-corrected chi connectivity index (χ3v) is 4.40. The largest absolute Gasteiger partial charge is 0.294 e. The molecule has 0 aliphatic heterocycles. The molecule has 2 aromatic carbocycles. The second-order valence-electron chi connectivity index (χ2n) is 5.98. The Morgan fingerprint density at radius 2 is 1.71 bits per heavy atom. The summed E-state index contributed by atoms with van der Waals surface area (Å²) in [6, 6.07) is 13.0. The molecule has 0 saturated heterocycles. The van der Waals surface area contributed by atoms with E-state index >= 15 is 0 Å². The Labute approximate surface area is 137 Å². The first-order valence-corrected chi connectivity index (χ1v) is 7.73. The van der Waals surface area contributed by atoms with E-state index in [0.717, 1.165) is 17.4 Å². The molecule has 1 heterocycles. The molecule has 1 aromatic heterocycles. The van der Waals surface area contributed by atoms with Crippen molar-refractivity contribution in [2.24, 2.45) is 0 Å². The van der Waals surface area contributed by atoms with Crippen LogP contribution in [-0.2, 0) is 6.42 Å². The van der Waals surface area contributed by atoms with Gasteiger partial charge >= 0.3 is 0 Å². The van der Waals surface area contributed by atoms with Gasteiger partial charge in [-0.3, -0.25) is 4.79 Å². The molecule has 0 amide bonds. The van der Waals surface area contributed by atoms with Crippen molar-refractivity contribution in [3.63, 3.8) is 0 Å². The zero-order valence-electron chi connectivity index (χ0n) is 12.7. The highest BCUT2D eigenvalue weighted by atomic mass is 19.1. The summed E-state index contributed by atoms with van der Waals surface area (Å²) >= 11 is 0. The van der Waals surface area contributed by atoms with E-state index in [4.69, 9.17) is 0 Å². The number of rotatable bonds is 2. The summed E-state index contributed by atoms with van der Waals surface area (Å²) in [5, 5.41) is 4.33. The predicted octanol–water partition coefficient (Wildman–Crippen LogP) is 4.06. The standard InChI is InChI=1S/C19H14F2N2O/c20-14-6-12(7-15(21)10-14)13-8-18-17(19(24)9-13)11-22-23(18)16-4-2-1-3-5-16/h1-7,10-11,13H,8-9H2. The summed E-state index contributed by atoms with van der Waals surface area (Å²) in [6.45, 7) is 0. The van der Waals surface area contributed by atoms with Crippen LogP contribution in [0.3, 0.4) is 0 Å². The van der Waals surface area contributed by atoms with E-state index in [1.54, 1.807) is 10.9 Å². The molecule has 1 atom stereocenters. The summed E-state index contributed by atoms with van der Waals surface area (Å²) in [5.74, 6) is -1.55. The molecule has 5 heteroatoms. The fourth-order valence-electron chi connectivity index (χ4n) is 3.28. The molecule has 1 aliphatic rings. The van der Waals surface area contributed by atoms with Gasteiger partial charge in [0, 0.05) is 12.5 Å². The molecular weight excluding hydrogens is 310 g/mol. The quantitative estimate of drug-likeness (QED) is 0.712. The fourth-order valence-corrected chi connectivity index (χ4v) is 3.28. The lowest BCUT2D eigenvalue weighted by Crippen LogP contribution is -2.20. The summed E-state index contributed by atoms with van der Waals surface area (Å²) in [5.41, 5.74) is 2.74. The molecule has 0 saturated carbocycles. The van der Waals surface area contributed by atoms with E-state index in [-0.39, 0.29) is 18.1 Å². The molecule has 1 unspecified atom stereocenters. The van der Waals surface area contributed by atoms with Crippen molar-refractivity contribution in [1.82, 2.24) is 9.78 Å². The molecule has 0 N–H and O–H groups in total. The maximum Gasteiger partial charge on any atom is 0.166 e. The van der Waals surface area contributed by atoms with Crippen molar-refractivity contribution in [2.45, 2.75) is 18.8 Å². The van der Waals surface area contributed by atoms with Crippen LogP contribution in [0.5, 0.6) is 0 Å². The molecule has 0 fully saturated rings. The highest BCUT2D eigenvalue weighted by molar-refractivity contribution is 5.98. The number of nitrogens with zero attached hydrogens (tertiary/aromatic N) is 2. The van der Waals surface area contributed by atoms with E-state index in [1.165, 1.54) is 12.1 Å². The van der Waals surface area contributed by atoms with Crippen LogP contribution in [0.4, 0.5) is 8.78 Å². The number of ketones is 1. The van der Waals surface area contributed by atoms with Crippen LogP contribution >= 0.6 is 0 Å². The Morgan fingerprint density at radius 3 is 2.42 bits per heavy atom. The molecule has 24 heavy (non-hydrogen) atoms. The van der Waals surface area contributed by atoms with Gasteiger partial charge in [-0.1, -0.05) is 18.2 Å². The molecule has 3 nitrogen and oxygen atoms in total. The maximum absolute atomic E-state index is 13.5. The smallest absolute Gasteiger partial charge is 0.166 e. The number of benzene rings is 2. The average molecular weight is 324 g/mol. The molecule has 4 rings (SSSR count). The van der Waals surface area contributed by atoms with Crippen molar-refractivity contribution in [3.05, 3.63) is 83.2 Å². The van der Waals surface area contributed by atoms with E-state index in [0.29, 0.717) is 17.5 Å². The fraction of sp³-hybridized carbons (Fsp3) is 0.158. The molecule has 0 radical (unpaired) electrons. The Morgan fingerprint density at radius 1 is 1.00 bits per heavy atom. The monoisotopic (exact) mass is 324 g/mol. The van der Waals surface area contributed by atoms with Crippen LogP contribution in [0.1, 0.15) is 34.0 Å². The normalized spacial score (nSPS) is 16.9. The van der Waals surface area contributed by atoms with Crippen LogP contribution in [0.15, 0.2) is 54.7 Å². The van der Waals surface area contributed by atoms with Gasteiger partial charge in [-0.15, -0.1) is 0 Å². The number of halogens is 2. The summed E-state index contributed by atoms with van der Waals surface area (Å²) in [4.78, 5) is 12.4. The second kappa shape index (κ2) is 5.67. The van der Waals surface area contributed by atoms with E-state index in [9.17, 15) is 13.6 Å². The Hall–Kier alpha value is -2.82. The summed E-state index contributed by atoms with van der Waals surface area (Å²) in [6.07, 6.45) is 2.32. The van der Waals surface area contributed by atoms with Crippen LogP contribution < -0.4 is 0 Å². The van der Waals surface area contributed by atoms with Gasteiger partial charge in [0.15, 0.2) is 5.78 Å². The zero-order valence-corrected chi connectivity index (χ0v) is 12.7. The Balaban J connectivity index is 1.76. The van der Waals surface area contributed by atoms with E-state index in [2.05, 4.69) is 5.10 Å². The second-order valence-corrected chi connectivity index (χ2v) is 5.98. The number of aromatic nitrogens is 2. The van der Waals surface area contributed by atoms with Gasteiger partial charge in [0.05, 0.1) is 23.1 Å². The minimum atomic E-state index is -0.625. The highest BCUT2D eigenvalue weighted by Crippen LogP contribution is 2.34. The SMILES string of the molecule is O=C1CC(c2cc(F)cc(F)c2)Cc2c1cnn2-c1ccccc1. The van der Waals surface area contributed by atoms with Crippen molar-refractivity contribution < 1.29 is 13.6 Å². The molecule has 3 aromatic rings. The molecule has 0 spiro atoms. The lowest BCUT2D eigenvalue weighted by atomic mass is 9.82. The highest BCUT2D eigenvalue weighted by Gasteiger charge is 2.30. The number of para-hydroxylation sites is 1. The first kappa shape index (κ1) is 14.8. The number of Topliss-reactive ketones (excluding diaryl/α,β-unsaturated/α-hetero) is 1. The van der Waals surface area contributed by atoms with Crippen molar-refractivity contribution in [3.8, 4) is 5.69 Å². The minimum absolute atomic E-state index is 0.0481. The topological polar surface area (TPSA) is 34.9 Å². The van der Waals surface area contributed by atoms with Gasteiger partial charge in [-0.25, -0.2) is 13.5 Å². The maximum atomic E-state index is 13.5. The van der Waals surface area contributed by atoms with Gasteiger partial charge < -0.3 is 0 Å². The molecular formula is C19H14F2N2O. The van der Waals surface area contributed by atoms with Crippen LogP contribution in [-0.4, -0.2) is 15.6 Å². The Bertz CT molecular complexity index is 898. The van der Waals surface area contributed by atoms with Crippen LogP contribution in [0.2, 0.25) is 0 Å². The average Bonchev–Trinajstić information content (AvgIpc) is 2.99. The van der Waals surface area contributed by atoms with Gasteiger partial charge in [0.2, 0.25) is 0 Å². The lowest BCUT2D eigenvalue weighted by Gasteiger charge is -2.23. The lowest BCUT2D eigenvalue weighted by molar-refractivity contribution is 0.0963. The van der Waals surface area contributed by atoms with Crippen LogP contribution in [0.25, 0.3) is 5.69 Å². The number of fused-ring (bicyclic) bond motifs is 1. The predicted molar refractivity (Wildman–Crippen MR) is 85.3 cm³/mol. The molecule has 120 valence electrons. The zero-order chi connectivity index (χ0) is 16.7. The summed E-state index contributed by atoms with van der Waals surface area (Å²) < 4.78 is 28.8. The Kier molecular flexibility index (Phi) is 3.49. The van der Waals surface area contributed by atoms with Gasteiger partial charge in [-0.2, -0.15) is 5.10 Å². The number of hydrogen-bond donors (Lipinski definition) is 0. The number of hydrogen-bond acceptors (Lipinski definition) is 2. The third kappa shape index (κ3) is 2.52. The van der Waals surface area contributed by atoms with E-state index < -0.39 is 11.6 Å². The van der Waals surface area contributed by atoms with Gasteiger partial charge in [-0.05, 0) is 42.2 Å². The number of carbonyl (C=O) groups excluding carboxylic acids is 1. The van der Waals surface area contributed by atoms with Crippen molar-refractivity contribution in [1.29, 1.82) is 0 Å². The van der Waals surface area contributed by atoms with Gasteiger partial charge in [0.25, 0.3) is 0 Å². The third-order valence-electron chi connectivity index (χ3n) is 4.40. The minimum Gasteiger partial charge on any atom is -0.294 e. The molecule has 0 bridgehead atoms. The van der Waals surface area contributed by atoms with Crippen LogP contribution in [0, 0.1) is 11.6 Å². The first-order chi connectivity index (χ1) is 11.6. The molecule has 1 aliphatic carbocycles. The van der Waals surface area contributed by atoms with E-state index in [1.807, 2.05) is 30.3 Å². The number of carbonyl (C=O) groups is 1. The summed E-state index contributed by atoms with van der Waals surface area (Å²) in [7, 11) is 0. The van der Waals surface area contributed by atoms with Crippen molar-refractivity contribution >= 4 is 5.78 Å².